The number of β-amino-alcohol motifs (C(OH)–C–C–N with tert-alkyl or cyclic N) is 1. The lowest BCUT2D eigenvalue weighted by Gasteiger charge is -2.32. The first-order chi connectivity index (χ1) is 9.08. The van der Waals surface area contributed by atoms with Gasteiger partial charge in [0.05, 0.1) is 12.7 Å². The molecule has 19 heavy (non-hydrogen) atoms. The van der Waals surface area contributed by atoms with Crippen molar-refractivity contribution in [2.24, 2.45) is 5.73 Å². The molecule has 2 rings (SSSR count). The second-order valence-electron chi connectivity index (χ2n) is 4.56. The number of benzene rings is 1. The molecule has 3 N–H and O–H groups in total. The molecule has 0 spiro atoms. The van der Waals surface area contributed by atoms with Crippen molar-refractivity contribution in [2.75, 3.05) is 26.2 Å². The molecule has 0 bridgehead atoms. The minimum Gasteiger partial charge on any atom is -0.387 e. The summed E-state index contributed by atoms with van der Waals surface area (Å²) in [6, 6.07) is 7.18. The number of ether oxygens (including phenoxy) is 1. The predicted molar refractivity (Wildman–Crippen MR) is 71.8 cm³/mol. The molecule has 2 atom stereocenters. The number of carbonyl (C=O) groups excluding carboxylic acids is 1. The van der Waals surface area contributed by atoms with Crippen molar-refractivity contribution < 1.29 is 14.6 Å². The van der Waals surface area contributed by atoms with Gasteiger partial charge in [-0.25, -0.2) is 0 Å². The van der Waals surface area contributed by atoms with E-state index >= 15 is 0 Å². The Labute approximate surface area is 116 Å². The van der Waals surface area contributed by atoms with Crippen LogP contribution < -0.4 is 5.73 Å². The summed E-state index contributed by atoms with van der Waals surface area (Å²) in [5, 5.41) is 10.7. The molecule has 1 aliphatic rings. The molecule has 6 heteroatoms. The van der Waals surface area contributed by atoms with Gasteiger partial charge in [-0.2, -0.15) is 0 Å². The number of nitrogens with zero attached hydrogens (tertiary/aromatic N) is 1. The summed E-state index contributed by atoms with van der Waals surface area (Å²) in [5.74, 6) is -0.475. The van der Waals surface area contributed by atoms with Crippen LogP contribution >= 0.6 is 11.6 Å². The quantitative estimate of drug-likeness (QED) is 0.847. The molecule has 1 fully saturated rings. The fourth-order valence-corrected chi connectivity index (χ4v) is 2.39. The van der Waals surface area contributed by atoms with Crippen LogP contribution in [0, 0.1) is 0 Å². The van der Waals surface area contributed by atoms with E-state index in [0.717, 1.165) is 0 Å². The van der Waals surface area contributed by atoms with Crippen LogP contribution in [-0.4, -0.2) is 48.3 Å². The Morgan fingerprint density at radius 2 is 2.32 bits per heavy atom. The van der Waals surface area contributed by atoms with Crippen molar-refractivity contribution in [3.8, 4) is 0 Å². The average Bonchev–Trinajstić information content (AvgIpc) is 2.39. The maximum absolute atomic E-state index is 11.1. The molecule has 1 saturated heterocycles. The van der Waals surface area contributed by atoms with E-state index in [1.54, 1.807) is 12.1 Å². The van der Waals surface area contributed by atoms with Crippen molar-refractivity contribution in [3.05, 3.63) is 34.9 Å². The minimum atomic E-state index is -0.694. The molecule has 1 amide bonds. The van der Waals surface area contributed by atoms with E-state index in [1.165, 1.54) is 0 Å². The predicted octanol–water partition coefficient (Wildman–Crippen LogP) is 0.560. The minimum absolute atomic E-state index is 0.400. The van der Waals surface area contributed by atoms with Gasteiger partial charge in [-0.3, -0.25) is 9.69 Å². The normalized spacial score (nSPS) is 22.1. The number of hydrogen-bond acceptors (Lipinski definition) is 4. The van der Waals surface area contributed by atoms with Gasteiger partial charge in [0.1, 0.15) is 6.10 Å². The molecule has 5 nitrogen and oxygen atoms in total. The molecule has 1 aromatic carbocycles. The number of carbonyl (C=O) groups is 1. The number of aliphatic hydroxyl groups is 1. The largest absolute Gasteiger partial charge is 0.387 e. The standard InChI is InChI=1S/C13H17ClN2O3/c14-10-4-2-1-3-9(10)11(17)7-16-5-6-19-12(8-16)13(15)18/h1-4,11-12,17H,5-8H2,(H2,15,18)/t11-,12+/m1/s1. The Morgan fingerprint density at radius 3 is 3.00 bits per heavy atom. The number of aliphatic hydroxyl groups excluding tert-OH is 1. The van der Waals surface area contributed by atoms with Gasteiger partial charge >= 0.3 is 0 Å². The highest BCUT2D eigenvalue weighted by atomic mass is 35.5. The monoisotopic (exact) mass is 284 g/mol. The van der Waals surface area contributed by atoms with Gasteiger partial charge in [-0.15, -0.1) is 0 Å². The molecule has 0 unspecified atom stereocenters. The van der Waals surface area contributed by atoms with Gasteiger partial charge < -0.3 is 15.6 Å². The molecule has 0 saturated carbocycles. The number of rotatable bonds is 4. The highest BCUT2D eigenvalue weighted by Gasteiger charge is 2.26. The summed E-state index contributed by atoms with van der Waals surface area (Å²) in [5.41, 5.74) is 5.91. The van der Waals surface area contributed by atoms with Gasteiger partial charge in [0, 0.05) is 30.2 Å². The van der Waals surface area contributed by atoms with E-state index in [9.17, 15) is 9.90 Å². The molecular weight excluding hydrogens is 268 g/mol. The van der Waals surface area contributed by atoms with Crippen molar-refractivity contribution in [1.29, 1.82) is 0 Å². The Balaban J connectivity index is 1.97. The van der Waals surface area contributed by atoms with Gasteiger partial charge in [0.25, 0.3) is 0 Å². The first kappa shape index (κ1) is 14.3. The first-order valence-electron chi connectivity index (χ1n) is 6.13. The molecule has 104 valence electrons. The van der Waals surface area contributed by atoms with Gasteiger partial charge in [0.15, 0.2) is 0 Å². The third kappa shape index (κ3) is 3.67. The number of hydrogen-bond donors (Lipinski definition) is 2. The Kier molecular flexibility index (Phi) is 4.76. The zero-order valence-electron chi connectivity index (χ0n) is 10.5. The van der Waals surface area contributed by atoms with E-state index in [-0.39, 0.29) is 0 Å². The van der Waals surface area contributed by atoms with Gasteiger partial charge in [-0.1, -0.05) is 29.8 Å². The topological polar surface area (TPSA) is 75.8 Å². The third-order valence-electron chi connectivity index (χ3n) is 3.16. The number of nitrogens with two attached hydrogens (primary N) is 1. The molecule has 1 aliphatic heterocycles. The fourth-order valence-electron chi connectivity index (χ4n) is 2.13. The van der Waals surface area contributed by atoms with Crippen LogP contribution in [0.4, 0.5) is 0 Å². The molecular formula is C13H17ClN2O3. The maximum atomic E-state index is 11.1. The summed E-state index contributed by atoms with van der Waals surface area (Å²) in [4.78, 5) is 13.0. The second kappa shape index (κ2) is 6.34. The molecule has 0 radical (unpaired) electrons. The van der Waals surface area contributed by atoms with Crippen molar-refractivity contribution >= 4 is 17.5 Å². The first-order valence-corrected chi connectivity index (χ1v) is 6.51. The van der Waals surface area contributed by atoms with Crippen LogP contribution in [0.1, 0.15) is 11.7 Å². The Morgan fingerprint density at radius 1 is 1.58 bits per heavy atom. The van der Waals surface area contributed by atoms with Crippen LogP contribution in [0.5, 0.6) is 0 Å². The Bertz CT molecular complexity index is 455. The van der Waals surface area contributed by atoms with Gasteiger partial charge in [-0.05, 0) is 6.07 Å². The number of halogens is 1. The highest BCUT2D eigenvalue weighted by molar-refractivity contribution is 6.31. The maximum Gasteiger partial charge on any atom is 0.247 e. The zero-order chi connectivity index (χ0) is 13.8. The number of morpholine rings is 1. The lowest BCUT2D eigenvalue weighted by atomic mass is 10.1. The van der Waals surface area contributed by atoms with E-state index in [0.29, 0.717) is 36.8 Å². The van der Waals surface area contributed by atoms with Crippen LogP contribution in [0.15, 0.2) is 24.3 Å². The third-order valence-corrected chi connectivity index (χ3v) is 3.51. The van der Waals surface area contributed by atoms with Crippen LogP contribution in [0.2, 0.25) is 5.02 Å². The smallest absolute Gasteiger partial charge is 0.247 e. The van der Waals surface area contributed by atoms with E-state index in [2.05, 4.69) is 0 Å². The summed E-state index contributed by atoms with van der Waals surface area (Å²) in [7, 11) is 0. The molecule has 1 heterocycles. The molecule has 0 aromatic heterocycles. The number of primary amides is 1. The van der Waals surface area contributed by atoms with Crippen molar-refractivity contribution in [1.82, 2.24) is 4.90 Å². The SMILES string of the molecule is NC(=O)[C@@H]1CN(C[C@@H](O)c2ccccc2Cl)CCO1. The van der Waals surface area contributed by atoms with Crippen LogP contribution in [0.3, 0.4) is 0 Å². The summed E-state index contributed by atoms with van der Waals surface area (Å²) < 4.78 is 5.26. The van der Waals surface area contributed by atoms with E-state index < -0.39 is 18.1 Å². The van der Waals surface area contributed by atoms with E-state index in [1.807, 2.05) is 17.0 Å². The average molecular weight is 285 g/mol. The van der Waals surface area contributed by atoms with Crippen molar-refractivity contribution in [2.45, 2.75) is 12.2 Å². The summed E-state index contributed by atoms with van der Waals surface area (Å²) in [6.07, 6.45) is -1.30. The molecule has 0 aliphatic carbocycles. The van der Waals surface area contributed by atoms with Crippen LogP contribution in [0.25, 0.3) is 0 Å². The number of amides is 1. The lowest BCUT2D eigenvalue weighted by Crippen LogP contribution is -2.49. The summed E-state index contributed by atoms with van der Waals surface area (Å²) >= 11 is 6.04. The lowest BCUT2D eigenvalue weighted by molar-refractivity contribution is -0.135. The zero-order valence-corrected chi connectivity index (χ0v) is 11.2. The van der Waals surface area contributed by atoms with E-state index in [4.69, 9.17) is 22.1 Å². The highest BCUT2D eigenvalue weighted by Crippen LogP contribution is 2.23. The molecule has 1 aromatic rings. The van der Waals surface area contributed by atoms with Crippen LogP contribution in [-0.2, 0) is 9.53 Å². The second-order valence-corrected chi connectivity index (χ2v) is 4.97. The van der Waals surface area contributed by atoms with Crippen molar-refractivity contribution in [3.63, 3.8) is 0 Å². The Hall–Kier alpha value is -1.14. The summed E-state index contributed by atoms with van der Waals surface area (Å²) in [6.45, 7) is 1.89. The van der Waals surface area contributed by atoms with Gasteiger partial charge in [0.2, 0.25) is 5.91 Å². The fraction of sp³-hybridized carbons (Fsp3) is 0.462.